The molecule has 0 aliphatic heterocycles. The molecule has 0 spiro atoms. The number of carbonyl (C=O) groups is 2. The Morgan fingerprint density at radius 1 is 0.968 bits per heavy atom. The minimum absolute atomic E-state index is 0.147. The maximum Gasteiger partial charge on any atom is 0.262 e. The third-order valence-corrected chi connectivity index (χ3v) is 5.27. The van der Waals surface area contributed by atoms with Crippen LogP contribution in [0.5, 0.6) is 5.75 Å². The highest BCUT2D eigenvalue weighted by Gasteiger charge is 2.17. The number of hydrogen-bond acceptors (Lipinski definition) is 3. The molecule has 5 nitrogen and oxygen atoms in total. The SMILES string of the molecule is Cc1cc(Br)cc(C)c1OCC(=O)Nc1ccccc1C(=O)N(C)Cc1ccccc1. The van der Waals surface area contributed by atoms with E-state index < -0.39 is 0 Å². The van der Waals surface area contributed by atoms with Crippen molar-refractivity contribution in [3.63, 3.8) is 0 Å². The number of nitrogens with one attached hydrogen (secondary N) is 1. The van der Waals surface area contributed by atoms with Gasteiger partial charge in [0.05, 0.1) is 11.3 Å². The highest BCUT2D eigenvalue weighted by Crippen LogP contribution is 2.27. The van der Waals surface area contributed by atoms with E-state index in [1.54, 1.807) is 36.2 Å². The van der Waals surface area contributed by atoms with Crippen LogP contribution in [0.15, 0.2) is 71.2 Å². The monoisotopic (exact) mass is 480 g/mol. The van der Waals surface area contributed by atoms with Gasteiger partial charge in [0.25, 0.3) is 11.8 Å². The summed E-state index contributed by atoms with van der Waals surface area (Å²) in [5.74, 6) is 0.193. The molecule has 0 aliphatic rings. The van der Waals surface area contributed by atoms with Crippen molar-refractivity contribution >= 4 is 33.4 Å². The normalized spacial score (nSPS) is 10.5. The molecule has 0 atom stereocenters. The lowest BCUT2D eigenvalue weighted by Gasteiger charge is -2.19. The third-order valence-electron chi connectivity index (χ3n) is 4.81. The Morgan fingerprint density at radius 3 is 2.26 bits per heavy atom. The number of amides is 2. The number of carbonyl (C=O) groups excluding carboxylic acids is 2. The summed E-state index contributed by atoms with van der Waals surface area (Å²) in [6.45, 7) is 4.20. The second-order valence-electron chi connectivity index (χ2n) is 7.40. The molecule has 1 N–H and O–H groups in total. The van der Waals surface area contributed by atoms with Gasteiger partial charge in [-0.05, 0) is 54.8 Å². The topological polar surface area (TPSA) is 58.6 Å². The van der Waals surface area contributed by atoms with E-state index in [0.29, 0.717) is 23.5 Å². The number of halogens is 1. The van der Waals surface area contributed by atoms with Crippen molar-refractivity contribution in [2.45, 2.75) is 20.4 Å². The Kier molecular flexibility index (Phi) is 7.47. The second kappa shape index (κ2) is 10.3. The molecule has 0 bridgehead atoms. The summed E-state index contributed by atoms with van der Waals surface area (Å²) in [6.07, 6.45) is 0. The molecule has 0 aromatic heterocycles. The largest absolute Gasteiger partial charge is 0.483 e. The molecule has 3 aromatic rings. The predicted octanol–water partition coefficient (Wildman–Crippen LogP) is 5.36. The summed E-state index contributed by atoms with van der Waals surface area (Å²) < 4.78 is 6.72. The third kappa shape index (κ3) is 5.95. The predicted molar refractivity (Wildman–Crippen MR) is 126 cm³/mol. The van der Waals surface area contributed by atoms with Gasteiger partial charge >= 0.3 is 0 Å². The fraction of sp³-hybridized carbons (Fsp3) is 0.200. The number of para-hydroxylation sites is 1. The fourth-order valence-corrected chi connectivity index (χ4v) is 4.05. The van der Waals surface area contributed by atoms with Gasteiger partial charge in [0, 0.05) is 18.1 Å². The van der Waals surface area contributed by atoms with Crippen LogP contribution < -0.4 is 10.1 Å². The first-order valence-corrected chi connectivity index (χ1v) is 10.7. The number of aryl methyl sites for hydroxylation is 2. The Hall–Kier alpha value is -3.12. The maximum absolute atomic E-state index is 13.0. The van der Waals surface area contributed by atoms with Gasteiger partial charge in [-0.15, -0.1) is 0 Å². The van der Waals surface area contributed by atoms with Gasteiger partial charge in [0.15, 0.2) is 6.61 Å². The molecule has 0 saturated carbocycles. The van der Waals surface area contributed by atoms with Crippen LogP contribution in [0, 0.1) is 13.8 Å². The van der Waals surface area contributed by atoms with Gasteiger partial charge in [0.2, 0.25) is 0 Å². The van der Waals surface area contributed by atoms with Crippen molar-refractivity contribution in [2.24, 2.45) is 0 Å². The molecule has 0 unspecified atom stereocenters. The van der Waals surface area contributed by atoms with E-state index >= 15 is 0 Å². The Balaban J connectivity index is 1.67. The van der Waals surface area contributed by atoms with Crippen molar-refractivity contribution in [1.29, 1.82) is 0 Å². The van der Waals surface area contributed by atoms with Gasteiger partial charge in [0.1, 0.15) is 5.75 Å². The summed E-state index contributed by atoms with van der Waals surface area (Å²) >= 11 is 3.45. The minimum Gasteiger partial charge on any atom is -0.483 e. The van der Waals surface area contributed by atoms with Crippen LogP contribution in [0.4, 0.5) is 5.69 Å². The molecule has 0 aliphatic carbocycles. The van der Waals surface area contributed by atoms with Gasteiger partial charge < -0.3 is 15.0 Å². The number of anilines is 1. The highest BCUT2D eigenvalue weighted by molar-refractivity contribution is 9.10. The van der Waals surface area contributed by atoms with Crippen molar-refractivity contribution in [2.75, 3.05) is 19.0 Å². The Labute approximate surface area is 191 Å². The van der Waals surface area contributed by atoms with E-state index in [0.717, 1.165) is 21.2 Å². The summed E-state index contributed by atoms with van der Waals surface area (Å²) in [5, 5.41) is 2.81. The maximum atomic E-state index is 13.0. The molecule has 0 fully saturated rings. The molecule has 2 amide bonds. The second-order valence-corrected chi connectivity index (χ2v) is 8.31. The Morgan fingerprint density at radius 2 is 1.58 bits per heavy atom. The molecule has 3 rings (SSSR count). The van der Waals surface area contributed by atoms with Crippen LogP contribution in [0.25, 0.3) is 0 Å². The van der Waals surface area contributed by atoms with Crippen LogP contribution in [0.2, 0.25) is 0 Å². The average molecular weight is 481 g/mol. The highest BCUT2D eigenvalue weighted by atomic mass is 79.9. The van der Waals surface area contributed by atoms with E-state index in [1.165, 1.54) is 0 Å². The lowest BCUT2D eigenvalue weighted by molar-refractivity contribution is -0.118. The van der Waals surface area contributed by atoms with Crippen LogP contribution >= 0.6 is 15.9 Å². The van der Waals surface area contributed by atoms with Crippen LogP contribution in [0.3, 0.4) is 0 Å². The van der Waals surface area contributed by atoms with Gasteiger partial charge in [-0.25, -0.2) is 0 Å². The smallest absolute Gasteiger partial charge is 0.262 e. The quantitative estimate of drug-likeness (QED) is 0.495. The minimum atomic E-state index is -0.326. The molecule has 3 aromatic carbocycles. The first kappa shape index (κ1) is 22.6. The summed E-state index contributed by atoms with van der Waals surface area (Å²) in [6, 6.07) is 20.6. The van der Waals surface area contributed by atoms with E-state index in [2.05, 4.69) is 21.2 Å². The van der Waals surface area contributed by atoms with Crippen molar-refractivity contribution < 1.29 is 14.3 Å². The molecule has 0 heterocycles. The fourth-order valence-electron chi connectivity index (χ4n) is 3.36. The average Bonchev–Trinajstić information content (AvgIpc) is 2.73. The van der Waals surface area contributed by atoms with E-state index in [-0.39, 0.29) is 18.4 Å². The van der Waals surface area contributed by atoms with E-state index in [4.69, 9.17) is 4.74 Å². The van der Waals surface area contributed by atoms with Crippen molar-refractivity contribution in [3.05, 3.63) is 93.5 Å². The molecule has 160 valence electrons. The van der Waals surface area contributed by atoms with E-state index in [9.17, 15) is 9.59 Å². The number of rotatable bonds is 7. The first-order valence-electron chi connectivity index (χ1n) is 9.93. The summed E-state index contributed by atoms with van der Waals surface area (Å²) in [5.41, 5.74) is 3.82. The van der Waals surface area contributed by atoms with Crippen LogP contribution in [-0.4, -0.2) is 30.4 Å². The number of nitrogens with zero attached hydrogens (tertiary/aromatic N) is 1. The van der Waals surface area contributed by atoms with Crippen LogP contribution in [0.1, 0.15) is 27.0 Å². The van der Waals surface area contributed by atoms with Gasteiger partial charge in [-0.2, -0.15) is 0 Å². The Bertz CT molecular complexity index is 1060. The summed E-state index contributed by atoms with van der Waals surface area (Å²) in [7, 11) is 1.75. The first-order chi connectivity index (χ1) is 14.8. The lowest BCUT2D eigenvalue weighted by atomic mass is 10.1. The molecule has 6 heteroatoms. The number of benzene rings is 3. The van der Waals surface area contributed by atoms with E-state index in [1.807, 2.05) is 56.3 Å². The molecule has 0 radical (unpaired) electrons. The van der Waals surface area contributed by atoms with Crippen molar-refractivity contribution in [3.8, 4) is 5.75 Å². The van der Waals surface area contributed by atoms with Crippen molar-refractivity contribution in [1.82, 2.24) is 4.90 Å². The standard InChI is InChI=1S/C25H25BrN2O3/c1-17-13-20(26)14-18(2)24(17)31-16-23(29)27-22-12-8-7-11-21(22)25(30)28(3)15-19-9-5-4-6-10-19/h4-14H,15-16H2,1-3H3,(H,27,29). The van der Waals surface area contributed by atoms with Crippen LogP contribution in [-0.2, 0) is 11.3 Å². The molecule has 0 saturated heterocycles. The number of ether oxygens (including phenoxy) is 1. The number of hydrogen-bond donors (Lipinski definition) is 1. The zero-order chi connectivity index (χ0) is 22.4. The summed E-state index contributed by atoms with van der Waals surface area (Å²) in [4.78, 5) is 27.2. The zero-order valence-electron chi connectivity index (χ0n) is 17.8. The van der Waals surface area contributed by atoms with Gasteiger partial charge in [-0.1, -0.05) is 58.4 Å². The molecular formula is C25H25BrN2O3. The van der Waals surface area contributed by atoms with Gasteiger partial charge in [-0.3, -0.25) is 9.59 Å². The zero-order valence-corrected chi connectivity index (χ0v) is 19.4. The molecule has 31 heavy (non-hydrogen) atoms. The lowest BCUT2D eigenvalue weighted by Crippen LogP contribution is -2.28. The molecular weight excluding hydrogens is 456 g/mol.